The first-order valence-corrected chi connectivity index (χ1v) is 10.4. The molecular weight excluding hydrogens is 422 g/mol. The number of aromatic carboxylic acids is 2. The maximum Gasteiger partial charge on any atom is 0.336 e. The maximum atomic E-state index is 12.7. The molecule has 5 aromatic rings. The number of benzene rings is 5. The number of nitrogens with one attached hydrogen (secondary N) is 1. The van der Waals surface area contributed by atoms with E-state index in [2.05, 4.69) is 5.32 Å². The largest absolute Gasteiger partial charge is 0.478 e. The van der Waals surface area contributed by atoms with Gasteiger partial charge in [-0.1, -0.05) is 25.1 Å². The number of fused-ring (bicyclic) bond motifs is 2. The fourth-order valence-corrected chi connectivity index (χ4v) is 5.32. The lowest BCUT2D eigenvalue weighted by atomic mass is 9.81. The van der Waals surface area contributed by atoms with Crippen molar-refractivity contribution < 1.29 is 29.4 Å². The predicted octanol–water partition coefficient (Wildman–Crippen LogP) is 4.58. The molecule has 7 heteroatoms. The fraction of sp³-hybridized carbons (Fsp3) is 0.0769. The third-order valence-corrected chi connectivity index (χ3v) is 6.64. The molecule has 0 atom stereocenters. The van der Waals surface area contributed by atoms with Crippen LogP contribution in [-0.4, -0.2) is 34.0 Å². The Bertz CT molecular complexity index is 1740. The summed E-state index contributed by atoms with van der Waals surface area (Å²) in [6, 6.07) is 11.4. The van der Waals surface area contributed by atoms with Gasteiger partial charge in [-0.25, -0.2) is 9.59 Å². The van der Waals surface area contributed by atoms with Gasteiger partial charge in [-0.3, -0.25) is 14.9 Å². The highest BCUT2D eigenvalue weighted by Gasteiger charge is 2.30. The monoisotopic (exact) mass is 437 g/mol. The van der Waals surface area contributed by atoms with Crippen LogP contribution in [0.2, 0.25) is 0 Å². The molecule has 0 radical (unpaired) electrons. The van der Waals surface area contributed by atoms with Crippen LogP contribution in [-0.2, 0) is 6.42 Å². The van der Waals surface area contributed by atoms with Crippen LogP contribution < -0.4 is 5.32 Å². The molecule has 5 aromatic carbocycles. The Morgan fingerprint density at radius 2 is 1.27 bits per heavy atom. The number of imide groups is 1. The van der Waals surface area contributed by atoms with Gasteiger partial charge in [0.05, 0.1) is 11.1 Å². The summed E-state index contributed by atoms with van der Waals surface area (Å²) in [6.07, 6.45) is 0.583. The zero-order chi connectivity index (χ0) is 23.2. The highest BCUT2D eigenvalue weighted by Crippen LogP contribution is 2.46. The lowest BCUT2D eigenvalue weighted by Gasteiger charge is -2.23. The number of aryl methyl sites for hydroxylation is 1. The van der Waals surface area contributed by atoms with Gasteiger partial charge in [-0.2, -0.15) is 0 Å². The van der Waals surface area contributed by atoms with Crippen molar-refractivity contribution in [1.29, 1.82) is 0 Å². The number of hydrogen-bond donors (Lipinski definition) is 3. The van der Waals surface area contributed by atoms with Crippen molar-refractivity contribution in [3.8, 4) is 0 Å². The van der Waals surface area contributed by atoms with Crippen molar-refractivity contribution in [2.45, 2.75) is 13.3 Å². The first-order valence-electron chi connectivity index (χ1n) is 10.4. The molecule has 0 bridgehead atoms. The minimum atomic E-state index is -1.21. The van der Waals surface area contributed by atoms with E-state index in [9.17, 15) is 29.4 Å². The van der Waals surface area contributed by atoms with Gasteiger partial charge in [-0.15, -0.1) is 0 Å². The SMILES string of the molecule is CCc1cc2c3c(ccc4c5ccc(C(=O)O)c6c(C(=O)O)ccc(c1c34)c65)C(=O)NC2=O. The molecule has 2 amide bonds. The molecule has 0 fully saturated rings. The minimum absolute atomic E-state index is 0.0883. The number of carboxylic acids is 2. The smallest absolute Gasteiger partial charge is 0.336 e. The van der Waals surface area contributed by atoms with E-state index in [0.717, 1.165) is 21.7 Å². The van der Waals surface area contributed by atoms with Gasteiger partial charge < -0.3 is 10.2 Å². The summed E-state index contributed by atoms with van der Waals surface area (Å²) in [5.74, 6) is -3.35. The van der Waals surface area contributed by atoms with E-state index in [1.807, 2.05) is 6.92 Å². The molecule has 3 N–H and O–H groups in total. The van der Waals surface area contributed by atoms with Gasteiger partial charge in [0.15, 0.2) is 0 Å². The summed E-state index contributed by atoms with van der Waals surface area (Å²) < 4.78 is 0. The van der Waals surface area contributed by atoms with Gasteiger partial charge in [0.25, 0.3) is 11.8 Å². The number of rotatable bonds is 3. The number of amides is 2. The molecule has 6 rings (SSSR count). The molecule has 7 nitrogen and oxygen atoms in total. The second-order valence-electron chi connectivity index (χ2n) is 8.19. The number of hydrogen-bond acceptors (Lipinski definition) is 4. The average molecular weight is 437 g/mol. The summed E-state index contributed by atoms with van der Waals surface area (Å²) in [6.45, 7) is 1.95. The summed E-state index contributed by atoms with van der Waals surface area (Å²) >= 11 is 0. The standard InChI is InChI=1S/C26H15NO6/c1-2-10-9-17-20-14(23(28)27-24(17)29)6-3-12-11-4-7-15(25(30)31)21-16(26(32)33)8-5-13(19(11)21)18(10)22(12)20/h3-9H,2H2,1H3,(H,30,31)(H,32,33)(H,27,28,29). The molecule has 1 heterocycles. The molecule has 0 spiro atoms. The molecule has 1 aliphatic rings. The van der Waals surface area contributed by atoms with Crippen LogP contribution in [0.25, 0.3) is 43.1 Å². The second-order valence-corrected chi connectivity index (χ2v) is 8.19. The Morgan fingerprint density at radius 3 is 1.91 bits per heavy atom. The third kappa shape index (κ3) is 2.28. The normalized spacial score (nSPS) is 13.4. The van der Waals surface area contributed by atoms with Crippen LogP contribution in [0.15, 0.2) is 42.5 Å². The van der Waals surface area contributed by atoms with E-state index in [-0.39, 0.29) is 16.5 Å². The maximum absolute atomic E-state index is 12.7. The van der Waals surface area contributed by atoms with Crippen molar-refractivity contribution in [1.82, 2.24) is 5.32 Å². The molecule has 0 saturated carbocycles. The lowest BCUT2D eigenvalue weighted by molar-refractivity contribution is 0.0695. The zero-order valence-electron chi connectivity index (χ0n) is 17.3. The molecule has 0 saturated heterocycles. The Labute approximate surface area is 185 Å². The highest BCUT2D eigenvalue weighted by molar-refractivity contribution is 6.40. The Morgan fingerprint density at radius 1 is 0.697 bits per heavy atom. The Kier molecular flexibility index (Phi) is 3.64. The minimum Gasteiger partial charge on any atom is -0.478 e. The molecular formula is C26H15NO6. The topological polar surface area (TPSA) is 121 Å². The predicted molar refractivity (Wildman–Crippen MR) is 123 cm³/mol. The van der Waals surface area contributed by atoms with Gasteiger partial charge in [0, 0.05) is 21.9 Å². The molecule has 1 aliphatic heterocycles. The van der Waals surface area contributed by atoms with E-state index in [0.29, 0.717) is 39.1 Å². The van der Waals surface area contributed by atoms with E-state index in [1.54, 1.807) is 30.3 Å². The first-order chi connectivity index (χ1) is 15.8. The van der Waals surface area contributed by atoms with Crippen LogP contribution in [0.5, 0.6) is 0 Å². The van der Waals surface area contributed by atoms with Gasteiger partial charge >= 0.3 is 11.9 Å². The van der Waals surface area contributed by atoms with E-state index in [1.165, 1.54) is 12.1 Å². The number of carboxylic acid groups (broad SMARTS) is 2. The van der Waals surface area contributed by atoms with Crippen molar-refractivity contribution in [3.63, 3.8) is 0 Å². The van der Waals surface area contributed by atoms with Crippen LogP contribution in [0.1, 0.15) is 53.9 Å². The molecule has 0 aliphatic carbocycles. The Balaban J connectivity index is 2.00. The van der Waals surface area contributed by atoms with Gasteiger partial charge in [0.1, 0.15) is 0 Å². The molecule has 0 aromatic heterocycles. The zero-order valence-corrected chi connectivity index (χ0v) is 17.3. The van der Waals surface area contributed by atoms with Gasteiger partial charge in [0.2, 0.25) is 0 Å². The summed E-state index contributed by atoms with van der Waals surface area (Å²) in [7, 11) is 0. The quantitative estimate of drug-likeness (QED) is 0.216. The average Bonchev–Trinajstić information content (AvgIpc) is 2.79. The summed E-state index contributed by atoms with van der Waals surface area (Å²) in [5, 5.41) is 26.9. The van der Waals surface area contributed by atoms with Crippen molar-refractivity contribution in [2.75, 3.05) is 0 Å². The first kappa shape index (κ1) is 19.2. The molecule has 33 heavy (non-hydrogen) atoms. The van der Waals surface area contributed by atoms with Crippen LogP contribution >= 0.6 is 0 Å². The van der Waals surface area contributed by atoms with Crippen LogP contribution in [0, 0.1) is 0 Å². The van der Waals surface area contributed by atoms with E-state index in [4.69, 9.17) is 0 Å². The van der Waals surface area contributed by atoms with Crippen LogP contribution in [0.3, 0.4) is 0 Å². The Hall–Kier alpha value is -4.52. The summed E-state index contributed by atoms with van der Waals surface area (Å²) in [4.78, 5) is 49.3. The molecule has 0 unspecified atom stereocenters. The highest BCUT2D eigenvalue weighted by atomic mass is 16.4. The number of carbonyl (C=O) groups is 4. The molecule has 160 valence electrons. The third-order valence-electron chi connectivity index (χ3n) is 6.64. The summed E-state index contributed by atoms with van der Waals surface area (Å²) in [5.41, 5.74) is 1.50. The van der Waals surface area contributed by atoms with E-state index >= 15 is 0 Å². The van der Waals surface area contributed by atoms with E-state index < -0.39 is 23.8 Å². The van der Waals surface area contributed by atoms with Gasteiger partial charge in [-0.05, 0) is 68.6 Å². The number of carbonyl (C=O) groups excluding carboxylic acids is 2. The van der Waals surface area contributed by atoms with Crippen molar-refractivity contribution in [2.24, 2.45) is 0 Å². The lowest BCUT2D eigenvalue weighted by Crippen LogP contribution is -2.34. The van der Waals surface area contributed by atoms with Crippen LogP contribution in [0.4, 0.5) is 0 Å². The van der Waals surface area contributed by atoms with Crippen molar-refractivity contribution >= 4 is 66.8 Å². The fourth-order valence-electron chi connectivity index (χ4n) is 5.32. The second kappa shape index (κ2) is 6.26. The van der Waals surface area contributed by atoms with Crippen molar-refractivity contribution in [3.05, 3.63) is 70.3 Å².